The fourth-order valence-electron chi connectivity index (χ4n) is 0.496. The van der Waals surface area contributed by atoms with Crippen molar-refractivity contribution >= 4 is 59.3 Å². The Bertz CT molecular complexity index is 155. The molecule has 0 bridgehead atoms. The molecule has 0 atom stereocenters. The summed E-state index contributed by atoms with van der Waals surface area (Å²) in [6.07, 6.45) is 0. The van der Waals surface area contributed by atoms with Crippen LogP contribution in [0.25, 0.3) is 0 Å². The van der Waals surface area contributed by atoms with Crippen LogP contribution >= 0.6 is 24.0 Å². The van der Waals surface area contributed by atoms with Gasteiger partial charge in [-0.15, -0.1) is 24.0 Å². The van der Waals surface area contributed by atoms with E-state index in [2.05, 4.69) is 0 Å². The Balaban J connectivity index is 0. The predicted octanol–water partition coefficient (Wildman–Crippen LogP) is 0.553. The van der Waals surface area contributed by atoms with E-state index in [-0.39, 0.29) is 47.9 Å². The molecule has 0 aliphatic carbocycles. The number of rotatable bonds is 0. The van der Waals surface area contributed by atoms with Gasteiger partial charge in [-0.2, -0.15) is 0 Å². The zero-order valence-electron chi connectivity index (χ0n) is 5.58. The van der Waals surface area contributed by atoms with Crippen LogP contribution in [0.4, 0.5) is 11.4 Å². The molecule has 0 heterocycles. The molecule has 0 amide bonds. The summed E-state index contributed by atoms with van der Waals surface area (Å²) in [5.74, 6) is 0. The molecule has 0 saturated carbocycles. The molecule has 1 aromatic rings. The molecule has 10 heavy (non-hydrogen) atoms. The molecule has 1 aromatic carbocycles. The van der Waals surface area contributed by atoms with Gasteiger partial charge in [0.05, 0.1) is 0 Å². The monoisotopic (exact) mass is 358 g/mol. The van der Waals surface area contributed by atoms with Crippen LogP contribution in [-0.2, 0) is 0 Å². The summed E-state index contributed by atoms with van der Waals surface area (Å²) in [4.78, 5) is 0. The Morgan fingerprint density at radius 3 is 1.20 bits per heavy atom. The molecule has 1 rings (SSSR count). The molecule has 56 valence electrons. The van der Waals surface area contributed by atoms with Crippen LogP contribution in [0.2, 0.25) is 0 Å². The molecular formula is C6H11IN2Sn. The van der Waals surface area contributed by atoms with Crippen molar-refractivity contribution in [2.24, 2.45) is 0 Å². The zero-order valence-corrected chi connectivity index (χ0v) is 11.9. The molecule has 0 unspecified atom stereocenters. The van der Waals surface area contributed by atoms with E-state index in [1.165, 1.54) is 0 Å². The van der Waals surface area contributed by atoms with Gasteiger partial charge in [-0.3, -0.25) is 0 Å². The van der Waals surface area contributed by atoms with Crippen LogP contribution in [0.5, 0.6) is 0 Å². The molecule has 0 aliphatic heterocycles. The second-order valence-corrected chi connectivity index (χ2v) is 1.67. The molecule has 0 saturated heterocycles. The number of halogens is 1. The molecule has 2 nitrogen and oxygen atoms in total. The first-order chi connectivity index (χ1) is 3.79. The Labute approximate surface area is 94.3 Å². The molecule has 2 radical (unpaired) electrons. The Morgan fingerprint density at radius 1 is 0.800 bits per heavy atom. The predicted molar refractivity (Wildman–Crippen MR) is 59.2 cm³/mol. The first-order valence-electron chi connectivity index (χ1n) is 2.40. The van der Waals surface area contributed by atoms with Gasteiger partial charge >= 0.3 is 23.9 Å². The van der Waals surface area contributed by atoms with Crippen LogP contribution in [0.3, 0.4) is 0 Å². The van der Waals surface area contributed by atoms with Crippen LogP contribution in [-0.4, -0.2) is 23.9 Å². The molecule has 4 N–H and O–H groups in total. The summed E-state index contributed by atoms with van der Waals surface area (Å²) in [6.45, 7) is 0. The number of anilines is 2. The van der Waals surface area contributed by atoms with Gasteiger partial charge in [-0.1, -0.05) is 0 Å². The molecule has 0 fully saturated rings. The van der Waals surface area contributed by atoms with Crippen molar-refractivity contribution in [2.45, 2.75) is 0 Å². The first-order valence-corrected chi connectivity index (χ1v) is 2.40. The van der Waals surface area contributed by atoms with E-state index in [0.717, 1.165) is 11.4 Å². The quantitative estimate of drug-likeness (QED) is 0.405. The Morgan fingerprint density at radius 2 is 1.00 bits per heavy atom. The van der Waals surface area contributed by atoms with Gasteiger partial charge in [0.2, 0.25) is 0 Å². The third-order valence-corrected chi connectivity index (χ3v) is 0.936. The summed E-state index contributed by atoms with van der Waals surface area (Å²) in [7, 11) is 0. The molecule has 0 spiro atoms. The second-order valence-electron chi connectivity index (χ2n) is 1.67. The number of benzene rings is 1. The van der Waals surface area contributed by atoms with Gasteiger partial charge in [0.15, 0.2) is 0 Å². The van der Waals surface area contributed by atoms with Crippen LogP contribution in [0.1, 0.15) is 0 Å². The molecular weight excluding hydrogens is 346 g/mol. The summed E-state index contributed by atoms with van der Waals surface area (Å²) < 4.78 is 0. The molecule has 0 aliphatic rings. The van der Waals surface area contributed by atoms with Gasteiger partial charge in [0.1, 0.15) is 0 Å². The zero-order chi connectivity index (χ0) is 5.98. The van der Waals surface area contributed by atoms with E-state index in [1.807, 2.05) is 0 Å². The van der Waals surface area contributed by atoms with Crippen molar-refractivity contribution in [3.8, 4) is 0 Å². The van der Waals surface area contributed by atoms with Crippen LogP contribution in [0.15, 0.2) is 24.3 Å². The minimum atomic E-state index is 0. The number of hydrogen-bond acceptors (Lipinski definition) is 2. The number of hydrogen-bond donors (Lipinski definition) is 2. The van der Waals surface area contributed by atoms with Gasteiger partial charge in [0, 0.05) is 11.4 Å². The van der Waals surface area contributed by atoms with Gasteiger partial charge in [0.25, 0.3) is 0 Å². The topological polar surface area (TPSA) is 52.0 Å². The van der Waals surface area contributed by atoms with E-state index >= 15 is 0 Å². The van der Waals surface area contributed by atoms with Crippen molar-refractivity contribution in [3.63, 3.8) is 0 Å². The molecule has 0 aromatic heterocycles. The third kappa shape index (κ3) is 4.21. The summed E-state index contributed by atoms with van der Waals surface area (Å²) in [5.41, 5.74) is 12.2. The van der Waals surface area contributed by atoms with Gasteiger partial charge < -0.3 is 11.5 Å². The van der Waals surface area contributed by atoms with E-state index in [1.54, 1.807) is 24.3 Å². The molecule has 4 heteroatoms. The number of nitrogens with two attached hydrogens (primary N) is 2. The summed E-state index contributed by atoms with van der Waals surface area (Å²) >= 11 is 0. The summed E-state index contributed by atoms with van der Waals surface area (Å²) in [6, 6.07) is 7.09. The van der Waals surface area contributed by atoms with E-state index in [0.29, 0.717) is 0 Å². The van der Waals surface area contributed by atoms with Crippen molar-refractivity contribution in [1.29, 1.82) is 0 Å². The fourth-order valence-corrected chi connectivity index (χ4v) is 0.496. The number of nitrogen functional groups attached to an aromatic ring is 2. The van der Waals surface area contributed by atoms with E-state index in [4.69, 9.17) is 11.5 Å². The van der Waals surface area contributed by atoms with Crippen molar-refractivity contribution < 1.29 is 0 Å². The SMILES string of the molecule is I.Nc1ccc(N)cc1.[SnH2]. The second kappa shape index (κ2) is 6.08. The van der Waals surface area contributed by atoms with Crippen molar-refractivity contribution in [3.05, 3.63) is 24.3 Å². The maximum absolute atomic E-state index is 5.37. The standard InChI is InChI=1S/C6H8N2.HI.Sn.2H/c7-5-1-2-6(8)4-3-5;;;;/h1-4H,7-8H2;1H;;;. The Hall–Kier alpha value is 0.349. The first kappa shape index (κ1) is 13.0. The van der Waals surface area contributed by atoms with Crippen molar-refractivity contribution in [2.75, 3.05) is 11.5 Å². The average Bonchev–Trinajstić information content (AvgIpc) is 1.77. The third-order valence-electron chi connectivity index (χ3n) is 0.936. The van der Waals surface area contributed by atoms with Crippen LogP contribution < -0.4 is 11.5 Å². The normalized spacial score (nSPS) is 7.20. The summed E-state index contributed by atoms with van der Waals surface area (Å²) in [5, 5.41) is 0. The fraction of sp³-hybridized carbons (Fsp3) is 0. The van der Waals surface area contributed by atoms with Crippen LogP contribution in [0, 0.1) is 0 Å². The minimum absolute atomic E-state index is 0. The Kier molecular flexibility index (Phi) is 7.90. The van der Waals surface area contributed by atoms with E-state index in [9.17, 15) is 0 Å². The van der Waals surface area contributed by atoms with E-state index < -0.39 is 0 Å². The average molecular weight is 357 g/mol. The van der Waals surface area contributed by atoms with Crippen molar-refractivity contribution in [1.82, 2.24) is 0 Å². The maximum atomic E-state index is 5.37. The van der Waals surface area contributed by atoms with Gasteiger partial charge in [-0.05, 0) is 24.3 Å². The van der Waals surface area contributed by atoms with Gasteiger partial charge in [-0.25, -0.2) is 0 Å².